The third-order valence-corrected chi connectivity index (χ3v) is 6.76. The number of hydrogen-bond donors (Lipinski definition) is 3. The number of piperazine rings is 1. The Balaban J connectivity index is 1.39. The third-order valence-electron chi connectivity index (χ3n) is 6.76. The second kappa shape index (κ2) is 8.02. The van der Waals surface area contributed by atoms with Gasteiger partial charge < -0.3 is 25.8 Å². The molecule has 0 spiro atoms. The number of nitrogens with one attached hydrogen (secondary N) is 3. The molecule has 1 aromatic carbocycles. The summed E-state index contributed by atoms with van der Waals surface area (Å²) in [6.45, 7) is 7.72. The van der Waals surface area contributed by atoms with E-state index in [1.54, 1.807) is 6.07 Å². The van der Waals surface area contributed by atoms with Gasteiger partial charge in [-0.25, -0.2) is 13.6 Å². The maximum atomic E-state index is 13.6. The molecule has 0 unspecified atom stereocenters. The van der Waals surface area contributed by atoms with Crippen LogP contribution < -0.4 is 20.9 Å². The van der Waals surface area contributed by atoms with Crippen molar-refractivity contribution in [2.75, 3.05) is 44.2 Å². The first-order valence-electron chi connectivity index (χ1n) is 10.6. The molecule has 3 N–H and O–H groups in total. The molecule has 1 aromatic rings. The molecule has 4 rings (SSSR count). The molecule has 0 saturated carbocycles. The molecule has 7 nitrogen and oxygen atoms in total. The van der Waals surface area contributed by atoms with Gasteiger partial charge in [0.15, 0.2) is 11.6 Å². The Kier molecular flexibility index (Phi) is 5.57. The lowest BCUT2D eigenvalue weighted by molar-refractivity contribution is -0.136. The third kappa shape index (κ3) is 3.82. The van der Waals surface area contributed by atoms with Crippen LogP contribution in [0.3, 0.4) is 0 Å². The van der Waals surface area contributed by atoms with Crippen molar-refractivity contribution in [2.24, 2.45) is 11.8 Å². The molecule has 3 aliphatic heterocycles. The van der Waals surface area contributed by atoms with Gasteiger partial charge in [-0.1, -0.05) is 6.92 Å². The summed E-state index contributed by atoms with van der Waals surface area (Å²) in [7, 11) is 0. The van der Waals surface area contributed by atoms with Gasteiger partial charge in [-0.3, -0.25) is 4.79 Å². The number of carbonyl (C=O) groups excluding carboxylic acids is 2. The van der Waals surface area contributed by atoms with Crippen LogP contribution in [0.15, 0.2) is 18.2 Å². The number of anilines is 1. The van der Waals surface area contributed by atoms with Crippen molar-refractivity contribution in [3.05, 3.63) is 29.8 Å². The van der Waals surface area contributed by atoms with E-state index in [9.17, 15) is 18.4 Å². The average Bonchev–Trinajstić information content (AvgIpc) is 3.02. The molecule has 164 valence electrons. The summed E-state index contributed by atoms with van der Waals surface area (Å²) in [6.07, 6.45) is 0.592. The SMILES string of the molecule is C[C@@H](C[C@]1(C2CNC2)CNC(=O)N1)C(=O)N1CCN(c2ccc(F)c(F)c2)[C@@H](C)C1. The highest BCUT2D eigenvalue weighted by Gasteiger charge is 2.48. The molecule has 3 fully saturated rings. The lowest BCUT2D eigenvalue weighted by Gasteiger charge is -2.45. The molecule has 0 aliphatic carbocycles. The molecule has 30 heavy (non-hydrogen) atoms. The minimum atomic E-state index is -0.866. The monoisotopic (exact) mass is 421 g/mol. The normalized spacial score (nSPS) is 28.0. The fraction of sp³-hybridized carbons (Fsp3) is 0.619. The topological polar surface area (TPSA) is 76.7 Å². The molecule has 3 heterocycles. The van der Waals surface area contributed by atoms with E-state index in [0.717, 1.165) is 19.2 Å². The van der Waals surface area contributed by atoms with Crippen molar-refractivity contribution in [3.63, 3.8) is 0 Å². The van der Waals surface area contributed by atoms with Crippen LogP contribution in [0.2, 0.25) is 0 Å². The number of halogens is 2. The van der Waals surface area contributed by atoms with Crippen LogP contribution >= 0.6 is 0 Å². The molecule has 3 atom stereocenters. The van der Waals surface area contributed by atoms with Crippen LogP contribution in [0.5, 0.6) is 0 Å². The molecule has 3 amide bonds. The van der Waals surface area contributed by atoms with Crippen LogP contribution in [-0.2, 0) is 4.79 Å². The minimum Gasteiger partial charge on any atom is -0.365 e. The second-order valence-corrected chi connectivity index (χ2v) is 8.85. The summed E-state index contributed by atoms with van der Waals surface area (Å²) in [5.74, 6) is -1.57. The smallest absolute Gasteiger partial charge is 0.315 e. The molecule has 3 saturated heterocycles. The van der Waals surface area contributed by atoms with E-state index >= 15 is 0 Å². The van der Waals surface area contributed by atoms with Crippen LogP contribution in [0.1, 0.15) is 20.3 Å². The van der Waals surface area contributed by atoms with Crippen LogP contribution in [0, 0.1) is 23.5 Å². The van der Waals surface area contributed by atoms with Crippen molar-refractivity contribution in [3.8, 4) is 0 Å². The minimum absolute atomic E-state index is 0.0163. The summed E-state index contributed by atoms with van der Waals surface area (Å²) in [5, 5.41) is 9.17. The number of nitrogens with zero attached hydrogens (tertiary/aromatic N) is 2. The van der Waals surface area contributed by atoms with Gasteiger partial charge in [0.05, 0.1) is 5.54 Å². The lowest BCUT2D eigenvalue weighted by atomic mass is 9.74. The zero-order chi connectivity index (χ0) is 21.5. The number of benzene rings is 1. The Morgan fingerprint density at radius 3 is 2.60 bits per heavy atom. The number of urea groups is 1. The molecule has 9 heteroatoms. The Morgan fingerprint density at radius 1 is 1.27 bits per heavy atom. The highest BCUT2D eigenvalue weighted by Crippen LogP contribution is 2.32. The van der Waals surface area contributed by atoms with Crippen LogP contribution in [0.25, 0.3) is 0 Å². The number of rotatable bonds is 5. The largest absolute Gasteiger partial charge is 0.365 e. The Hall–Kier alpha value is -2.42. The van der Waals surface area contributed by atoms with E-state index in [0.29, 0.717) is 44.2 Å². The highest BCUT2D eigenvalue weighted by atomic mass is 19.2. The zero-order valence-electron chi connectivity index (χ0n) is 17.4. The van der Waals surface area contributed by atoms with E-state index in [4.69, 9.17) is 0 Å². The molecular formula is C21H29F2N5O2. The van der Waals surface area contributed by atoms with Gasteiger partial charge in [0, 0.05) is 68.9 Å². The first kappa shape index (κ1) is 20.8. The predicted octanol–water partition coefficient (Wildman–Crippen LogP) is 1.30. The Morgan fingerprint density at radius 2 is 2.03 bits per heavy atom. The van der Waals surface area contributed by atoms with E-state index < -0.39 is 17.2 Å². The standard InChI is InChI=1S/C21H29F2N5O2/c1-13(8-21(15-9-24-10-15)12-25-20(30)26-21)19(29)27-5-6-28(14(2)11-27)16-3-4-17(22)18(23)7-16/h3-4,7,13-15,24H,5-6,8-12H2,1-2H3,(H2,25,26,30)/t13-,14-,21+/m0/s1. The predicted molar refractivity (Wildman–Crippen MR) is 109 cm³/mol. The quantitative estimate of drug-likeness (QED) is 0.670. The van der Waals surface area contributed by atoms with Gasteiger partial charge in [0.2, 0.25) is 5.91 Å². The summed E-state index contributed by atoms with van der Waals surface area (Å²) in [5.41, 5.74) is 0.231. The van der Waals surface area contributed by atoms with Crippen molar-refractivity contribution in [2.45, 2.75) is 31.8 Å². The van der Waals surface area contributed by atoms with Crippen molar-refractivity contribution >= 4 is 17.6 Å². The summed E-state index contributed by atoms with van der Waals surface area (Å²) >= 11 is 0. The van der Waals surface area contributed by atoms with Gasteiger partial charge in [0.1, 0.15) is 0 Å². The van der Waals surface area contributed by atoms with Gasteiger partial charge in [0.25, 0.3) is 0 Å². The lowest BCUT2D eigenvalue weighted by Crippen LogP contribution is -2.63. The summed E-state index contributed by atoms with van der Waals surface area (Å²) < 4.78 is 26.9. The maximum absolute atomic E-state index is 13.6. The second-order valence-electron chi connectivity index (χ2n) is 8.85. The van der Waals surface area contributed by atoms with E-state index in [-0.39, 0.29) is 23.9 Å². The number of amides is 3. The van der Waals surface area contributed by atoms with Gasteiger partial charge >= 0.3 is 6.03 Å². The number of hydrogen-bond acceptors (Lipinski definition) is 4. The van der Waals surface area contributed by atoms with Crippen molar-refractivity contribution in [1.82, 2.24) is 20.9 Å². The zero-order valence-corrected chi connectivity index (χ0v) is 17.4. The molecular weight excluding hydrogens is 392 g/mol. The summed E-state index contributed by atoms with van der Waals surface area (Å²) in [4.78, 5) is 28.8. The van der Waals surface area contributed by atoms with E-state index in [1.165, 1.54) is 6.07 Å². The van der Waals surface area contributed by atoms with Gasteiger partial charge in [-0.15, -0.1) is 0 Å². The molecule has 0 radical (unpaired) electrons. The maximum Gasteiger partial charge on any atom is 0.315 e. The van der Waals surface area contributed by atoms with E-state index in [1.807, 2.05) is 23.6 Å². The van der Waals surface area contributed by atoms with Crippen LogP contribution in [-0.4, -0.2) is 67.7 Å². The van der Waals surface area contributed by atoms with Gasteiger partial charge in [-0.2, -0.15) is 0 Å². The fourth-order valence-electron chi connectivity index (χ4n) is 4.92. The summed E-state index contributed by atoms with van der Waals surface area (Å²) in [6, 6.07) is 3.72. The first-order chi connectivity index (χ1) is 14.3. The fourth-order valence-corrected chi connectivity index (χ4v) is 4.92. The highest BCUT2D eigenvalue weighted by molar-refractivity contribution is 5.80. The molecule has 3 aliphatic rings. The van der Waals surface area contributed by atoms with Crippen molar-refractivity contribution < 1.29 is 18.4 Å². The van der Waals surface area contributed by atoms with E-state index in [2.05, 4.69) is 16.0 Å². The average molecular weight is 421 g/mol. The Bertz CT molecular complexity index is 834. The molecule has 0 aromatic heterocycles. The first-order valence-corrected chi connectivity index (χ1v) is 10.6. The van der Waals surface area contributed by atoms with Gasteiger partial charge in [-0.05, 0) is 25.5 Å². The number of carbonyl (C=O) groups is 2. The molecule has 0 bridgehead atoms. The van der Waals surface area contributed by atoms with Crippen LogP contribution in [0.4, 0.5) is 19.3 Å². The van der Waals surface area contributed by atoms with Crippen molar-refractivity contribution in [1.29, 1.82) is 0 Å². The Labute approximate surface area is 175 Å².